The average molecular weight is 371 g/mol. The van der Waals surface area contributed by atoms with Crippen LogP contribution in [-0.2, 0) is 9.53 Å². The Kier molecular flexibility index (Phi) is 5.75. The zero-order valence-corrected chi connectivity index (χ0v) is 15.0. The van der Waals surface area contributed by atoms with Crippen LogP contribution < -0.4 is 15.2 Å². The number of benzene rings is 1. The Labute approximate surface area is 156 Å². The molecular weight excluding hydrogens is 350 g/mol. The third kappa shape index (κ3) is 4.46. The van der Waals surface area contributed by atoms with Gasteiger partial charge >= 0.3 is 5.97 Å². The molecule has 0 atom stereocenters. The zero-order chi connectivity index (χ0) is 19.2. The van der Waals surface area contributed by atoms with E-state index in [4.69, 9.17) is 9.47 Å². The molecule has 8 nitrogen and oxygen atoms in total. The largest absolute Gasteiger partial charge is 0.497 e. The summed E-state index contributed by atoms with van der Waals surface area (Å²) in [7, 11) is 1.63. The summed E-state index contributed by atoms with van der Waals surface area (Å²) >= 11 is 0. The second kappa shape index (κ2) is 8.39. The van der Waals surface area contributed by atoms with Gasteiger partial charge in [0.05, 0.1) is 7.11 Å². The first-order chi connectivity index (χ1) is 13.1. The number of anilines is 1. The van der Waals surface area contributed by atoms with Gasteiger partial charge < -0.3 is 24.3 Å². The van der Waals surface area contributed by atoms with Gasteiger partial charge in [0.25, 0.3) is 11.5 Å². The Morgan fingerprint density at radius 3 is 2.41 bits per heavy atom. The number of pyridine rings is 1. The lowest BCUT2D eigenvalue weighted by Crippen LogP contribution is -2.50. The van der Waals surface area contributed by atoms with Gasteiger partial charge in [-0.3, -0.25) is 9.59 Å². The number of esters is 1. The van der Waals surface area contributed by atoms with Crippen molar-refractivity contribution < 1.29 is 19.1 Å². The van der Waals surface area contributed by atoms with Crippen LogP contribution in [0.1, 0.15) is 10.4 Å². The maximum Gasteiger partial charge on any atom is 0.344 e. The van der Waals surface area contributed by atoms with E-state index < -0.39 is 11.5 Å². The number of nitrogens with zero attached hydrogens (tertiary/aromatic N) is 2. The zero-order valence-electron chi connectivity index (χ0n) is 15.0. The van der Waals surface area contributed by atoms with Gasteiger partial charge in [-0.1, -0.05) is 0 Å². The molecule has 0 radical (unpaired) electrons. The van der Waals surface area contributed by atoms with Crippen molar-refractivity contribution in [3.05, 3.63) is 58.5 Å². The van der Waals surface area contributed by atoms with Crippen LogP contribution >= 0.6 is 0 Å². The van der Waals surface area contributed by atoms with Crippen molar-refractivity contribution in [1.82, 2.24) is 9.88 Å². The van der Waals surface area contributed by atoms with Crippen LogP contribution in [0.15, 0.2) is 47.4 Å². The fraction of sp³-hybridized carbons (Fsp3) is 0.316. The molecule has 0 unspecified atom stereocenters. The third-order valence-electron chi connectivity index (χ3n) is 4.43. The summed E-state index contributed by atoms with van der Waals surface area (Å²) in [4.78, 5) is 42.0. The van der Waals surface area contributed by atoms with E-state index in [0.717, 1.165) is 11.4 Å². The monoisotopic (exact) mass is 371 g/mol. The highest BCUT2D eigenvalue weighted by atomic mass is 16.5. The molecule has 0 spiro atoms. The van der Waals surface area contributed by atoms with Crippen molar-refractivity contribution in [1.29, 1.82) is 0 Å². The van der Waals surface area contributed by atoms with Crippen molar-refractivity contribution >= 4 is 17.6 Å². The molecule has 142 valence electrons. The van der Waals surface area contributed by atoms with Crippen molar-refractivity contribution in [3.8, 4) is 5.75 Å². The molecule has 1 N–H and O–H groups in total. The van der Waals surface area contributed by atoms with Gasteiger partial charge in [0, 0.05) is 38.1 Å². The standard InChI is InChI=1S/C19H21N3O5/c1-26-15-6-4-14(5-7-15)21-9-11-22(12-10-21)17(23)13-27-19(25)16-3-2-8-20-18(16)24/h2-8H,9-13H2,1H3,(H,20,24). The van der Waals surface area contributed by atoms with Gasteiger partial charge in [0.2, 0.25) is 0 Å². The van der Waals surface area contributed by atoms with Crippen LogP contribution in [0, 0.1) is 0 Å². The lowest BCUT2D eigenvalue weighted by atomic mass is 10.2. The van der Waals surface area contributed by atoms with E-state index >= 15 is 0 Å². The summed E-state index contributed by atoms with van der Waals surface area (Å²) in [5.41, 5.74) is 0.412. The van der Waals surface area contributed by atoms with E-state index in [-0.39, 0.29) is 18.1 Å². The molecule has 1 aliphatic rings. The molecule has 2 heterocycles. The number of amides is 1. The molecular formula is C19H21N3O5. The van der Waals surface area contributed by atoms with Gasteiger partial charge in [-0.15, -0.1) is 0 Å². The molecule has 2 aromatic rings. The highest BCUT2D eigenvalue weighted by Crippen LogP contribution is 2.20. The third-order valence-corrected chi connectivity index (χ3v) is 4.43. The van der Waals surface area contributed by atoms with E-state index in [0.29, 0.717) is 26.2 Å². The van der Waals surface area contributed by atoms with E-state index in [1.165, 1.54) is 18.3 Å². The number of carbonyl (C=O) groups excluding carboxylic acids is 2. The molecule has 8 heteroatoms. The summed E-state index contributed by atoms with van der Waals surface area (Å²) in [5, 5.41) is 0. The molecule has 27 heavy (non-hydrogen) atoms. The minimum absolute atomic E-state index is 0.116. The summed E-state index contributed by atoms with van der Waals surface area (Å²) < 4.78 is 10.1. The maximum absolute atomic E-state index is 12.3. The number of H-pyrrole nitrogens is 1. The van der Waals surface area contributed by atoms with Crippen molar-refractivity contribution in [2.45, 2.75) is 0 Å². The number of rotatable bonds is 5. The smallest absolute Gasteiger partial charge is 0.344 e. The second-order valence-corrected chi connectivity index (χ2v) is 6.05. The number of aromatic amines is 1. The number of nitrogens with one attached hydrogen (secondary N) is 1. The van der Waals surface area contributed by atoms with Gasteiger partial charge in [-0.05, 0) is 36.4 Å². The maximum atomic E-state index is 12.3. The number of carbonyl (C=O) groups is 2. The first-order valence-electron chi connectivity index (χ1n) is 8.60. The molecule has 1 saturated heterocycles. The minimum Gasteiger partial charge on any atom is -0.497 e. The lowest BCUT2D eigenvalue weighted by Gasteiger charge is -2.36. The molecule has 0 aliphatic carbocycles. The summed E-state index contributed by atoms with van der Waals surface area (Å²) in [6.07, 6.45) is 1.42. The predicted octanol–water partition coefficient (Wildman–Crippen LogP) is 0.889. The molecule has 1 amide bonds. The summed E-state index contributed by atoms with van der Waals surface area (Å²) in [6.45, 7) is 2.06. The average Bonchev–Trinajstić information content (AvgIpc) is 2.72. The number of hydrogen-bond donors (Lipinski definition) is 1. The molecule has 0 saturated carbocycles. The minimum atomic E-state index is -0.804. The van der Waals surface area contributed by atoms with Crippen LogP contribution in [0.3, 0.4) is 0 Å². The van der Waals surface area contributed by atoms with Crippen LogP contribution in [0.2, 0.25) is 0 Å². The number of ether oxygens (including phenoxy) is 2. The number of aromatic nitrogens is 1. The van der Waals surface area contributed by atoms with E-state index in [9.17, 15) is 14.4 Å². The van der Waals surface area contributed by atoms with Crippen molar-refractivity contribution in [3.63, 3.8) is 0 Å². The first kappa shape index (κ1) is 18.5. The highest BCUT2D eigenvalue weighted by molar-refractivity contribution is 5.90. The molecule has 1 fully saturated rings. The Balaban J connectivity index is 1.49. The SMILES string of the molecule is COc1ccc(N2CCN(C(=O)COC(=O)c3ccc[nH]c3=O)CC2)cc1. The van der Waals surface area contributed by atoms with Crippen LogP contribution in [0.25, 0.3) is 0 Å². The first-order valence-corrected chi connectivity index (χ1v) is 8.60. The highest BCUT2D eigenvalue weighted by Gasteiger charge is 2.23. The van der Waals surface area contributed by atoms with E-state index in [1.54, 1.807) is 12.0 Å². The summed E-state index contributed by atoms with van der Waals surface area (Å²) in [6, 6.07) is 10.7. The molecule has 1 aromatic heterocycles. The number of methoxy groups -OCH3 is 1. The van der Waals surface area contributed by atoms with E-state index in [1.807, 2.05) is 24.3 Å². The Morgan fingerprint density at radius 2 is 1.78 bits per heavy atom. The van der Waals surface area contributed by atoms with Gasteiger partial charge in [0.15, 0.2) is 6.61 Å². The van der Waals surface area contributed by atoms with Crippen LogP contribution in [-0.4, -0.2) is 61.7 Å². The number of piperazine rings is 1. The molecule has 1 aliphatic heterocycles. The fourth-order valence-electron chi connectivity index (χ4n) is 2.89. The second-order valence-electron chi connectivity index (χ2n) is 6.05. The normalized spacial score (nSPS) is 14.0. The van der Waals surface area contributed by atoms with Crippen LogP contribution in [0.4, 0.5) is 5.69 Å². The Bertz CT molecular complexity index is 854. The predicted molar refractivity (Wildman–Crippen MR) is 99.1 cm³/mol. The van der Waals surface area contributed by atoms with Gasteiger partial charge in [0.1, 0.15) is 11.3 Å². The topological polar surface area (TPSA) is 91.9 Å². The Morgan fingerprint density at radius 1 is 1.07 bits per heavy atom. The van der Waals surface area contributed by atoms with E-state index in [2.05, 4.69) is 9.88 Å². The quantitative estimate of drug-likeness (QED) is 0.785. The van der Waals surface area contributed by atoms with Crippen LogP contribution in [0.5, 0.6) is 5.75 Å². The van der Waals surface area contributed by atoms with Crippen molar-refractivity contribution in [2.24, 2.45) is 0 Å². The van der Waals surface area contributed by atoms with Gasteiger partial charge in [-0.25, -0.2) is 4.79 Å². The summed E-state index contributed by atoms with van der Waals surface area (Å²) in [5.74, 6) is -0.279. The number of hydrogen-bond acceptors (Lipinski definition) is 6. The molecule has 3 rings (SSSR count). The molecule has 1 aromatic carbocycles. The molecule has 0 bridgehead atoms. The van der Waals surface area contributed by atoms with Gasteiger partial charge in [-0.2, -0.15) is 0 Å². The fourth-order valence-corrected chi connectivity index (χ4v) is 2.89. The van der Waals surface area contributed by atoms with Crippen molar-refractivity contribution in [2.75, 3.05) is 44.8 Å². The lowest BCUT2D eigenvalue weighted by molar-refractivity contribution is -0.134. The Hall–Kier alpha value is -3.29.